The average Bonchev–Trinajstić information content (AvgIpc) is 2.88. The quantitative estimate of drug-likeness (QED) is 0.228. The van der Waals surface area contributed by atoms with Gasteiger partial charge < -0.3 is 19.5 Å². The van der Waals surface area contributed by atoms with Crippen molar-refractivity contribution in [3.8, 4) is 17.4 Å². The summed E-state index contributed by atoms with van der Waals surface area (Å²) in [6.07, 6.45) is 0.827. The van der Waals surface area contributed by atoms with Crippen molar-refractivity contribution in [2.24, 2.45) is 0 Å². The number of carbonyl (C=O) groups excluding carboxylic acids is 2. The van der Waals surface area contributed by atoms with Gasteiger partial charge >= 0.3 is 6.09 Å². The summed E-state index contributed by atoms with van der Waals surface area (Å²) < 4.78 is 16.7. The highest BCUT2D eigenvalue weighted by Crippen LogP contribution is 2.32. The normalized spacial score (nSPS) is 10.9. The highest BCUT2D eigenvalue weighted by Gasteiger charge is 2.19. The molecular weight excluding hydrogens is 516 g/mol. The number of hydrogen-bond donors (Lipinski definition) is 2. The number of nitrogens with zero attached hydrogens (tertiary/aromatic N) is 2. The van der Waals surface area contributed by atoms with Crippen LogP contribution in [0.3, 0.4) is 0 Å². The van der Waals surface area contributed by atoms with Crippen LogP contribution in [-0.2, 0) is 4.74 Å². The number of hydrogen-bond acceptors (Lipinski definition) is 8. The summed E-state index contributed by atoms with van der Waals surface area (Å²) in [5, 5.41) is 5.89. The number of methoxy groups -OCH3 is 1. The highest BCUT2D eigenvalue weighted by molar-refractivity contribution is 7.99. The third-order valence-electron chi connectivity index (χ3n) is 4.95. The van der Waals surface area contributed by atoms with Crippen LogP contribution in [0.25, 0.3) is 0 Å². The summed E-state index contributed by atoms with van der Waals surface area (Å²) in [5.41, 5.74) is 0.569. The fourth-order valence-corrected chi connectivity index (χ4v) is 4.06. The lowest BCUT2D eigenvalue weighted by Gasteiger charge is -2.19. The van der Waals surface area contributed by atoms with Crippen molar-refractivity contribution in [3.05, 3.63) is 90.6 Å². The third-order valence-corrected chi connectivity index (χ3v) is 5.82. The van der Waals surface area contributed by atoms with Crippen LogP contribution in [0.4, 0.5) is 16.2 Å². The maximum Gasteiger partial charge on any atom is 0.412 e. The molecule has 9 nitrogen and oxygen atoms in total. The standard InChI is InChI=1S/C29H28N4O5S/c1-29(2,3)38-28(35)32-20-12-8-14-22(16-20)37-26-24(25(34)31-19-10-6-5-7-11-19)18-30-27(33-26)39-23-15-9-13-21(17-23)36-4/h5-18H,1-4H3,(H,31,34)(H,32,35). The van der Waals surface area contributed by atoms with E-state index >= 15 is 0 Å². The van der Waals surface area contributed by atoms with Gasteiger partial charge in [0.15, 0.2) is 5.16 Å². The van der Waals surface area contributed by atoms with Crippen LogP contribution in [0.2, 0.25) is 0 Å². The molecule has 200 valence electrons. The van der Waals surface area contributed by atoms with E-state index in [2.05, 4.69) is 20.6 Å². The number of nitrogens with one attached hydrogen (secondary N) is 2. The first kappa shape index (κ1) is 27.5. The van der Waals surface area contributed by atoms with E-state index in [0.29, 0.717) is 28.0 Å². The van der Waals surface area contributed by atoms with Crippen molar-refractivity contribution in [1.29, 1.82) is 0 Å². The predicted octanol–water partition coefficient (Wildman–Crippen LogP) is 7.03. The maximum absolute atomic E-state index is 13.2. The molecule has 0 spiro atoms. The van der Waals surface area contributed by atoms with Crippen molar-refractivity contribution >= 4 is 35.1 Å². The Morgan fingerprint density at radius 3 is 2.31 bits per heavy atom. The fraction of sp³-hybridized carbons (Fsp3) is 0.172. The monoisotopic (exact) mass is 544 g/mol. The molecule has 0 saturated heterocycles. The Kier molecular flexibility index (Phi) is 8.67. The second-order valence-electron chi connectivity index (χ2n) is 9.23. The summed E-state index contributed by atoms with van der Waals surface area (Å²) in [6.45, 7) is 5.35. The minimum absolute atomic E-state index is 0.0539. The van der Waals surface area contributed by atoms with Gasteiger partial charge in [-0.25, -0.2) is 9.78 Å². The van der Waals surface area contributed by atoms with Gasteiger partial charge in [-0.2, -0.15) is 4.98 Å². The molecule has 0 bridgehead atoms. The molecule has 3 aromatic carbocycles. The molecule has 0 aliphatic rings. The Balaban J connectivity index is 1.61. The second-order valence-corrected chi connectivity index (χ2v) is 10.3. The molecule has 4 rings (SSSR count). The number of aromatic nitrogens is 2. The van der Waals surface area contributed by atoms with Gasteiger partial charge in [0.05, 0.1) is 7.11 Å². The molecule has 0 atom stereocenters. The minimum Gasteiger partial charge on any atom is -0.497 e. The molecule has 0 aliphatic heterocycles. The highest BCUT2D eigenvalue weighted by atomic mass is 32.2. The number of amides is 2. The molecule has 4 aromatic rings. The van der Waals surface area contributed by atoms with E-state index in [1.807, 2.05) is 42.5 Å². The van der Waals surface area contributed by atoms with E-state index in [9.17, 15) is 9.59 Å². The lowest BCUT2D eigenvalue weighted by molar-refractivity contribution is 0.0635. The van der Waals surface area contributed by atoms with E-state index in [-0.39, 0.29) is 11.4 Å². The Bertz CT molecular complexity index is 1460. The van der Waals surface area contributed by atoms with Crippen molar-refractivity contribution in [2.45, 2.75) is 36.4 Å². The zero-order chi connectivity index (χ0) is 27.8. The molecule has 2 amide bonds. The van der Waals surface area contributed by atoms with Crippen LogP contribution in [0.1, 0.15) is 31.1 Å². The topological polar surface area (TPSA) is 112 Å². The van der Waals surface area contributed by atoms with Crippen LogP contribution in [0, 0.1) is 0 Å². The van der Waals surface area contributed by atoms with Crippen LogP contribution < -0.4 is 20.1 Å². The molecule has 1 aromatic heterocycles. The number of benzene rings is 3. The van der Waals surface area contributed by atoms with Gasteiger partial charge in [-0.15, -0.1) is 0 Å². The van der Waals surface area contributed by atoms with Crippen molar-refractivity contribution in [2.75, 3.05) is 17.7 Å². The van der Waals surface area contributed by atoms with Crippen LogP contribution in [0.5, 0.6) is 17.4 Å². The summed E-state index contributed by atoms with van der Waals surface area (Å²) in [7, 11) is 1.60. The van der Waals surface area contributed by atoms with Crippen LogP contribution in [0.15, 0.2) is 95.1 Å². The lowest BCUT2D eigenvalue weighted by Crippen LogP contribution is -2.27. The molecule has 0 saturated carbocycles. The molecule has 0 fully saturated rings. The molecule has 1 heterocycles. The van der Waals surface area contributed by atoms with Gasteiger partial charge in [0.2, 0.25) is 5.88 Å². The Morgan fingerprint density at radius 2 is 1.56 bits per heavy atom. The van der Waals surface area contributed by atoms with Gasteiger partial charge in [0, 0.05) is 28.5 Å². The Morgan fingerprint density at radius 1 is 0.846 bits per heavy atom. The molecule has 0 radical (unpaired) electrons. The smallest absolute Gasteiger partial charge is 0.412 e. The van der Waals surface area contributed by atoms with Gasteiger partial charge in [0.25, 0.3) is 5.91 Å². The number of carbonyl (C=O) groups is 2. The minimum atomic E-state index is -0.642. The van der Waals surface area contributed by atoms with E-state index < -0.39 is 17.6 Å². The Hall–Kier alpha value is -4.57. The van der Waals surface area contributed by atoms with Crippen LogP contribution in [-0.4, -0.2) is 34.7 Å². The number of para-hydroxylation sites is 1. The van der Waals surface area contributed by atoms with E-state index in [1.54, 1.807) is 64.3 Å². The summed E-state index contributed by atoms with van der Waals surface area (Å²) >= 11 is 1.30. The van der Waals surface area contributed by atoms with E-state index in [1.165, 1.54) is 18.0 Å². The number of rotatable bonds is 8. The van der Waals surface area contributed by atoms with E-state index in [0.717, 1.165) is 4.90 Å². The molecule has 2 N–H and O–H groups in total. The van der Waals surface area contributed by atoms with E-state index in [4.69, 9.17) is 14.2 Å². The molecule has 0 unspecified atom stereocenters. The summed E-state index contributed by atoms with van der Waals surface area (Å²) in [4.78, 5) is 35.1. The van der Waals surface area contributed by atoms with Crippen molar-refractivity contribution in [1.82, 2.24) is 9.97 Å². The summed E-state index contributed by atoms with van der Waals surface area (Å²) in [5.74, 6) is 0.674. The predicted molar refractivity (Wildman–Crippen MR) is 150 cm³/mol. The molecule has 39 heavy (non-hydrogen) atoms. The van der Waals surface area contributed by atoms with Gasteiger partial charge in [-0.1, -0.05) is 30.3 Å². The Labute approximate surface area is 230 Å². The average molecular weight is 545 g/mol. The zero-order valence-electron chi connectivity index (χ0n) is 21.9. The van der Waals surface area contributed by atoms with Crippen LogP contribution >= 0.6 is 11.8 Å². The third kappa shape index (κ3) is 8.21. The number of anilines is 2. The zero-order valence-corrected chi connectivity index (χ0v) is 22.7. The largest absolute Gasteiger partial charge is 0.497 e. The lowest BCUT2D eigenvalue weighted by atomic mass is 10.2. The van der Waals surface area contributed by atoms with Gasteiger partial charge in [-0.3, -0.25) is 10.1 Å². The van der Waals surface area contributed by atoms with Crippen molar-refractivity contribution < 1.29 is 23.8 Å². The molecule has 10 heteroatoms. The van der Waals surface area contributed by atoms with Gasteiger partial charge in [-0.05, 0) is 75.0 Å². The van der Waals surface area contributed by atoms with Crippen molar-refractivity contribution in [3.63, 3.8) is 0 Å². The maximum atomic E-state index is 13.2. The SMILES string of the molecule is COc1cccc(Sc2ncc(C(=O)Nc3ccccc3)c(Oc3cccc(NC(=O)OC(C)(C)C)c3)n2)c1. The molecule has 0 aliphatic carbocycles. The first-order valence-electron chi connectivity index (χ1n) is 12.0. The first-order chi connectivity index (χ1) is 18.7. The molecular formula is C29H28N4O5S. The fourth-order valence-electron chi connectivity index (χ4n) is 3.29. The first-order valence-corrected chi connectivity index (χ1v) is 12.8. The van der Waals surface area contributed by atoms with Gasteiger partial charge in [0.1, 0.15) is 22.7 Å². The number of ether oxygens (including phenoxy) is 3. The second kappa shape index (κ2) is 12.3. The summed E-state index contributed by atoms with van der Waals surface area (Å²) in [6, 6.07) is 23.2.